The molecule has 0 N–H and O–H groups in total. The molecule has 128 valence electrons. The summed E-state index contributed by atoms with van der Waals surface area (Å²) in [4.78, 5) is 22.3. The monoisotopic (exact) mass is 347 g/mol. The van der Waals surface area contributed by atoms with Gasteiger partial charge in [0.2, 0.25) is 5.91 Å². The van der Waals surface area contributed by atoms with Gasteiger partial charge in [-0.05, 0) is 30.1 Å². The van der Waals surface area contributed by atoms with E-state index in [9.17, 15) is 4.79 Å². The van der Waals surface area contributed by atoms with Crippen molar-refractivity contribution in [2.24, 2.45) is 0 Å². The van der Waals surface area contributed by atoms with E-state index in [4.69, 9.17) is 4.74 Å². The highest BCUT2D eigenvalue weighted by molar-refractivity contribution is 7.05. The second-order valence-corrected chi connectivity index (χ2v) is 6.65. The van der Waals surface area contributed by atoms with Gasteiger partial charge in [0, 0.05) is 32.5 Å². The molecule has 0 radical (unpaired) electrons. The topological polar surface area (TPSA) is 71.5 Å². The third-order valence-electron chi connectivity index (χ3n) is 4.15. The Bertz CT molecular complexity index is 672. The van der Waals surface area contributed by atoms with E-state index in [-0.39, 0.29) is 11.9 Å². The molecule has 2 aromatic rings. The van der Waals surface area contributed by atoms with Gasteiger partial charge in [0.1, 0.15) is 6.04 Å². The number of aryl methyl sites for hydroxylation is 1. The summed E-state index contributed by atoms with van der Waals surface area (Å²) in [5, 5.41) is 4.02. The number of ether oxygens (including phenoxy) is 1. The molecule has 3 rings (SSSR count). The Morgan fingerprint density at radius 3 is 2.88 bits per heavy atom. The van der Waals surface area contributed by atoms with Crippen molar-refractivity contribution in [3.05, 3.63) is 40.7 Å². The minimum Gasteiger partial charge on any atom is -0.379 e. The lowest BCUT2D eigenvalue weighted by atomic mass is 10.1. The number of pyridine rings is 1. The second kappa shape index (κ2) is 7.78. The summed E-state index contributed by atoms with van der Waals surface area (Å²) < 4.78 is 9.37. The van der Waals surface area contributed by atoms with E-state index >= 15 is 0 Å². The van der Waals surface area contributed by atoms with Crippen LogP contribution in [-0.4, -0.2) is 63.6 Å². The van der Waals surface area contributed by atoms with Crippen LogP contribution in [0.2, 0.25) is 0 Å². The number of carbonyl (C=O) groups is 1. The minimum atomic E-state index is -0.339. The van der Waals surface area contributed by atoms with Gasteiger partial charge in [-0.15, -0.1) is 5.10 Å². The standard InChI is InChI=1S/C16H21N5O2S/c1-12-14(24-19-18-12)11-20(2)16(22)15(13-4-3-5-17-10-13)21-6-8-23-9-7-21/h3-5,10,15H,6-9,11H2,1-2H3/t15-/m0/s1. The van der Waals surface area contributed by atoms with Crippen LogP contribution < -0.4 is 0 Å². The maximum atomic E-state index is 13.2. The molecular weight excluding hydrogens is 326 g/mol. The Hall–Kier alpha value is -1.90. The van der Waals surface area contributed by atoms with Crippen LogP contribution in [0.25, 0.3) is 0 Å². The predicted octanol–water partition coefficient (Wildman–Crippen LogP) is 1.27. The van der Waals surface area contributed by atoms with Crippen molar-refractivity contribution in [2.75, 3.05) is 33.4 Å². The first kappa shape index (κ1) is 16.9. The summed E-state index contributed by atoms with van der Waals surface area (Å²) in [6.45, 7) is 5.19. The third kappa shape index (κ3) is 3.77. The lowest BCUT2D eigenvalue weighted by Crippen LogP contribution is -2.46. The average Bonchev–Trinajstić information content (AvgIpc) is 3.02. The highest BCUT2D eigenvalue weighted by Gasteiger charge is 2.31. The molecule has 0 aromatic carbocycles. The fraction of sp³-hybridized carbons (Fsp3) is 0.500. The summed E-state index contributed by atoms with van der Waals surface area (Å²) >= 11 is 1.34. The molecule has 1 aliphatic rings. The summed E-state index contributed by atoms with van der Waals surface area (Å²) in [5.74, 6) is 0.0534. The minimum absolute atomic E-state index is 0.0534. The summed E-state index contributed by atoms with van der Waals surface area (Å²) in [6, 6.07) is 3.49. The molecule has 7 nitrogen and oxygen atoms in total. The first-order valence-corrected chi connectivity index (χ1v) is 8.68. The number of amides is 1. The molecule has 0 unspecified atom stereocenters. The van der Waals surface area contributed by atoms with Gasteiger partial charge in [-0.3, -0.25) is 14.7 Å². The highest BCUT2D eigenvalue weighted by atomic mass is 32.1. The van der Waals surface area contributed by atoms with E-state index in [1.54, 1.807) is 17.3 Å². The maximum absolute atomic E-state index is 13.2. The van der Waals surface area contributed by atoms with Gasteiger partial charge in [0.05, 0.1) is 30.3 Å². The number of aromatic nitrogens is 3. The third-order valence-corrected chi connectivity index (χ3v) is 4.96. The summed E-state index contributed by atoms with van der Waals surface area (Å²) in [5.41, 5.74) is 1.79. The van der Waals surface area contributed by atoms with Gasteiger partial charge < -0.3 is 9.64 Å². The lowest BCUT2D eigenvalue weighted by molar-refractivity contribution is -0.138. The number of carbonyl (C=O) groups excluding carboxylic acids is 1. The Morgan fingerprint density at radius 2 is 2.25 bits per heavy atom. The molecule has 0 bridgehead atoms. The molecule has 0 saturated carbocycles. The fourth-order valence-corrected chi connectivity index (χ4v) is 3.47. The maximum Gasteiger partial charge on any atom is 0.244 e. The van der Waals surface area contributed by atoms with E-state index < -0.39 is 0 Å². The molecule has 8 heteroatoms. The largest absolute Gasteiger partial charge is 0.379 e. The number of nitrogens with zero attached hydrogens (tertiary/aromatic N) is 5. The lowest BCUT2D eigenvalue weighted by Gasteiger charge is -2.35. The molecule has 0 aliphatic carbocycles. The van der Waals surface area contributed by atoms with E-state index in [1.165, 1.54) is 11.5 Å². The zero-order valence-corrected chi connectivity index (χ0v) is 14.7. The van der Waals surface area contributed by atoms with Crippen molar-refractivity contribution in [3.63, 3.8) is 0 Å². The van der Waals surface area contributed by atoms with Gasteiger partial charge in [0.15, 0.2) is 0 Å². The van der Waals surface area contributed by atoms with Gasteiger partial charge >= 0.3 is 0 Å². The highest BCUT2D eigenvalue weighted by Crippen LogP contribution is 2.24. The van der Waals surface area contributed by atoms with E-state index in [0.29, 0.717) is 19.8 Å². The molecule has 1 fully saturated rings. The zero-order valence-electron chi connectivity index (χ0n) is 13.9. The number of morpholine rings is 1. The number of rotatable bonds is 5. The van der Waals surface area contributed by atoms with Gasteiger partial charge in [-0.1, -0.05) is 10.6 Å². The molecule has 24 heavy (non-hydrogen) atoms. The molecule has 0 spiro atoms. The van der Waals surface area contributed by atoms with Crippen molar-refractivity contribution in [3.8, 4) is 0 Å². The molecule has 2 aromatic heterocycles. The number of likely N-dealkylation sites (N-methyl/N-ethyl adjacent to an activating group) is 1. The van der Waals surface area contributed by atoms with Crippen LogP contribution in [0.3, 0.4) is 0 Å². The fourth-order valence-electron chi connectivity index (χ4n) is 2.78. The first-order chi connectivity index (χ1) is 11.7. The van der Waals surface area contributed by atoms with Crippen molar-refractivity contribution in [1.82, 2.24) is 24.4 Å². The molecule has 1 atom stereocenters. The van der Waals surface area contributed by atoms with Crippen LogP contribution in [0.1, 0.15) is 22.2 Å². The summed E-state index contributed by atoms with van der Waals surface area (Å²) in [6.07, 6.45) is 3.49. The van der Waals surface area contributed by atoms with Crippen molar-refractivity contribution in [1.29, 1.82) is 0 Å². The normalized spacial score (nSPS) is 16.8. The molecule has 1 saturated heterocycles. The number of hydrogen-bond donors (Lipinski definition) is 0. The number of hydrogen-bond acceptors (Lipinski definition) is 7. The summed E-state index contributed by atoms with van der Waals surface area (Å²) in [7, 11) is 1.82. The Labute approximate surface area is 145 Å². The Balaban J connectivity index is 1.81. The van der Waals surface area contributed by atoms with Crippen molar-refractivity contribution < 1.29 is 9.53 Å². The van der Waals surface area contributed by atoms with E-state index in [1.807, 2.05) is 26.1 Å². The van der Waals surface area contributed by atoms with Gasteiger partial charge in [0.25, 0.3) is 0 Å². The van der Waals surface area contributed by atoms with Crippen LogP contribution >= 0.6 is 11.5 Å². The SMILES string of the molecule is Cc1nnsc1CN(C)C(=O)[C@H](c1cccnc1)N1CCOCC1. The average molecular weight is 347 g/mol. The molecule has 1 amide bonds. The van der Waals surface area contributed by atoms with Crippen LogP contribution in [0.15, 0.2) is 24.5 Å². The smallest absolute Gasteiger partial charge is 0.244 e. The quantitative estimate of drug-likeness (QED) is 0.811. The van der Waals surface area contributed by atoms with Gasteiger partial charge in [-0.25, -0.2) is 0 Å². The Kier molecular flexibility index (Phi) is 5.49. The zero-order chi connectivity index (χ0) is 16.9. The Morgan fingerprint density at radius 1 is 1.46 bits per heavy atom. The van der Waals surface area contributed by atoms with Gasteiger partial charge in [-0.2, -0.15) is 0 Å². The van der Waals surface area contributed by atoms with Crippen LogP contribution in [0.4, 0.5) is 0 Å². The van der Waals surface area contributed by atoms with E-state index in [2.05, 4.69) is 19.5 Å². The van der Waals surface area contributed by atoms with Crippen LogP contribution in [0, 0.1) is 6.92 Å². The molecule has 1 aliphatic heterocycles. The van der Waals surface area contributed by atoms with E-state index in [0.717, 1.165) is 29.2 Å². The van der Waals surface area contributed by atoms with Crippen LogP contribution in [0.5, 0.6) is 0 Å². The van der Waals surface area contributed by atoms with Crippen LogP contribution in [-0.2, 0) is 16.1 Å². The van der Waals surface area contributed by atoms with Crippen molar-refractivity contribution >= 4 is 17.4 Å². The predicted molar refractivity (Wildman–Crippen MR) is 90.5 cm³/mol. The molecule has 3 heterocycles. The first-order valence-electron chi connectivity index (χ1n) is 7.91. The van der Waals surface area contributed by atoms with Crippen molar-refractivity contribution in [2.45, 2.75) is 19.5 Å². The molecular formula is C16H21N5O2S. The second-order valence-electron chi connectivity index (χ2n) is 5.81.